The highest BCUT2D eigenvalue weighted by molar-refractivity contribution is 9.10. The molecule has 5 unspecified atom stereocenters. The predicted octanol–water partition coefficient (Wildman–Crippen LogP) is 7.38. The lowest BCUT2D eigenvalue weighted by atomic mass is 9.32. The average Bonchev–Trinajstić information content (AvgIpc) is 3.27. The van der Waals surface area contributed by atoms with Crippen LogP contribution in [0.4, 0.5) is 0 Å². The second kappa shape index (κ2) is 9.56. The van der Waals surface area contributed by atoms with Crippen LogP contribution in [-0.4, -0.2) is 36.3 Å². The molecule has 5 saturated carbocycles. The Hall–Kier alpha value is -0.910. The van der Waals surface area contributed by atoms with Crippen molar-refractivity contribution in [2.75, 3.05) is 13.7 Å². The zero-order chi connectivity index (χ0) is 28.8. The maximum atomic E-state index is 13.8. The second-order valence-corrected chi connectivity index (χ2v) is 16.8. The van der Waals surface area contributed by atoms with Gasteiger partial charge in [-0.15, -0.1) is 0 Å². The van der Waals surface area contributed by atoms with E-state index in [1.807, 2.05) is 0 Å². The fourth-order valence-corrected chi connectivity index (χ4v) is 13.3. The van der Waals surface area contributed by atoms with E-state index in [4.69, 9.17) is 9.47 Å². The van der Waals surface area contributed by atoms with Gasteiger partial charge in [-0.3, -0.25) is 9.59 Å². The van der Waals surface area contributed by atoms with Gasteiger partial charge >= 0.3 is 11.9 Å². The van der Waals surface area contributed by atoms with Gasteiger partial charge in [0.05, 0.1) is 17.4 Å². The van der Waals surface area contributed by atoms with Crippen LogP contribution in [0.25, 0.3) is 0 Å². The van der Waals surface area contributed by atoms with Gasteiger partial charge in [0.25, 0.3) is 0 Å². The summed E-state index contributed by atoms with van der Waals surface area (Å²) in [6.45, 7) is 16.4. The van der Waals surface area contributed by atoms with E-state index < -0.39 is 11.4 Å². The Kier molecular flexibility index (Phi) is 7.25. The summed E-state index contributed by atoms with van der Waals surface area (Å²) in [5.74, 6) is 2.45. The summed E-state index contributed by atoms with van der Waals surface area (Å²) >= 11 is 3.82. The van der Waals surface area contributed by atoms with Crippen LogP contribution < -0.4 is 0 Å². The summed E-state index contributed by atoms with van der Waals surface area (Å²) in [5, 5.41) is 0. The van der Waals surface area contributed by atoms with Crippen molar-refractivity contribution in [3.63, 3.8) is 0 Å². The molecule has 0 spiro atoms. The van der Waals surface area contributed by atoms with Gasteiger partial charge in [0, 0.05) is 5.41 Å². The van der Waals surface area contributed by atoms with Crippen LogP contribution >= 0.6 is 15.9 Å². The third-order valence-corrected chi connectivity index (χ3v) is 14.7. The first-order valence-corrected chi connectivity index (χ1v) is 16.4. The number of Topliss-reactive ketones (excluding diaryl/α,β-unsaturated/α-hetero) is 1. The predicted molar refractivity (Wildman–Crippen MR) is 155 cm³/mol. The zero-order valence-electron chi connectivity index (χ0n) is 25.5. The number of halogens is 1. The number of esters is 2. The smallest absolute Gasteiger partial charge is 0.344 e. The highest BCUT2D eigenvalue weighted by atomic mass is 79.9. The van der Waals surface area contributed by atoms with Crippen molar-refractivity contribution in [2.24, 2.45) is 62.6 Å². The van der Waals surface area contributed by atoms with Crippen LogP contribution in [0.1, 0.15) is 106 Å². The van der Waals surface area contributed by atoms with Crippen LogP contribution in [0, 0.1) is 62.6 Å². The Morgan fingerprint density at radius 2 is 1.62 bits per heavy atom. The molecular formula is C33H51BrO5. The van der Waals surface area contributed by atoms with E-state index in [1.54, 1.807) is 0 Å². The highest BCUT2D eigenvalue weighted by Crippen LogP contribution is 2.77. The molecule has 10 atom stereocenters. The molecule has 0 aromatic heterocycles. The molecule has 0 saturated heterocycles. The molecule has 0 aromatic rings. The number of fused-ring (bicyclic) bond motifs is 7. The molecule has 5 aliphatic carbocycles. The number of alkyl halides is 1. The van der Waals surface area contributed by atoms with E-state index in [1.165, 1.54) is 13.5 Å². The largest absolute Gasteiger partial charge is 0.466 e. The Morgan fingerprint density at radius 3 is 2.26 bits per heavy atom. The van der Waals surface area contributed by atoms with Crippen molar-refractivity contribution in [3.8, 4) is 0 Å². The standard InChI is InChI=1S/C33H51BrO5/c1-19(2)20-11-14-33(28(37)39-18-25(35)38-8)16-15-31(6)21(26(20)33)9-10-24-30(5)17-22(34)27(36)29(3,4)23(30)12-13-32(24,31)7/h19-24,26H,9-18H2,1-8H3/t20-,21?,22?,23?,24?,26?,30-,31+,32+,33-/m0/s1. The second-order valence-electron chi connectivity index (χ2n) is 15.7. The first-order chi connectivity index (χ1) is 18.1. The van der Waals surface area contributed by atoms with Crippen LogP contribution in [0.5, 0.6) is 0 Å². The minimum Gasteiger partial charge on any atom is -0.466 e. The molecule has 5 aliphatic rings. The average molecular weight is 608 g/mol. The lowest BCUT2D eigenvalue weighted by molar-refractivity contribution is -0.237. The summed E-state index contributed by atoms with van der Waals surface area (Å²) in [6, 6.07) is 0. The third kappa shape index (κ3) is 3.91. The first kappa shape index (κ1) is 29.6. The van der Waals surface area contributed by atoms with Gasteiger partial charge in [-0.1, -0.05) is 64.4 Å². The molecule has 5 rings (SSSR count). The molecule has 0 heterocycles. The number of carbonyl (C=O) groups excluding carboxylic acids is 3. The van der Waals surface area contributed by atoms with Gasteiger partial charge in [-0.05, 0) is 110 Å². The van der Waals surface area contributed by atoms with Gasteiger partial charge < -0.3 is 9.47 Å². The topological polar surface area (TPSA) is 69.7 Å². The fourth-order valence-electron chi connectivity index (χ4n) is 12.0. The van der Waals surface area contributed by atoms with Crippen molar-refractivity contribution in [3.05, 3.63) is 0 Å². The Morgan fingerprint density at radius 1 is 0.923 bits per heavy atom. The normalized spacial score (nSPS) is 48.4. The minimum atomic E-state index is -0.493. The quantitative estimate of drug-likeness (QED) is 0.246. The minimum absolute atomic E-state index is 0.0645. The molecule has 0 radical (unpaired) electrons. The molecule has 0 aliphatic heterocycles. The van der Waals surface area contributed by atoms with Crippen molar-refractivity contribution in [1.82, 2.24) is 0 Å². The van der Waals surface area contributed by atoms with Gasteiger partial charge in [-0.2, -0.15) is 0 Å². The van der Waals surface area contributed by atoms with Gasteiger partial charge in [0.15, 0.2) is 12.4 Å². The molecule has 0 amide bonds. The van der Waals surface area contributed by atoms with Crippen LogP contribution in [0.15, 0.2) is 0 Å². The summed E-state index contributed by atoms with van der Waals surface area (Å²) in [6.07, 6.45) is 9.31. The monoisotopic (exact) mass is 606 g/mol. The summed E-state index contributed by atoms with van der Waals surface area (Å²) < 4.78 is 10.5. The number of hydrogen-bond acceptors (Lipinski definition) is 5. The number of rotatable bonds is 4. The van der Waals surface area contributed by atoms with E-state index in [-0.39, 0.29) is 45.0 Å². The Balaban J connectivity index is 1.52. The molecule has 0 aromatic carbocycles. The van der Waals surface area contributed by atoms with Gasteiger partial charge in [0.2, 0.25) is 0 Å². The van der Waals surface area contributed by atoms with Crippen LogP contribution in [-0.2, 0) is 23.9 Å². The first-order valence-electron chi connectivity index (χ1n) is 15.5. The Labute approximate surface area is 244 Å². The number of methoxy groups -OCH3 is 1. The summed E-state index contributed by atoms with van der Waals surface area (Å²) in [7, 11) is 1.34. The number of carbonyl (C=O) groups is 3. The Bertz CT molecular complexity index is 1040. The van der Waals surface area contributed by atoms with Crippen molar-refractivity contribution in [1.29, 1.82) is 0 Å². The molecule has 6 heteroatoms. The van der Waals surface area contributed by atoms with E-state index in [2.05, 4.69) is 64.4 Å². The maximum Gasteiger partial charge on any atom is 0.344 e. The number of ketones is 1. The SMILES string of the molecule is COC(=O)COC(=O)[C@]12CC[C@@H](C(C)C)C1C1CCC3[C@@]4(C)CC(Br)C(=O)C(C)(C)C4CC[C@@]3(C)[C@]1(C)CC2. The van der Waals surface area contributed by atoms with Gasteiger partial charge in [0.1, 0.15) is 0 Å². The highest BCUT2D eigenvalue weighted by Gasteiger charge is 2.72. The van der Waals surface area contributed by atoms with Crippen LogP contribution in [0.3, 0.4) is 0 Å². The molecule has 220 valence electrons. The third-order valence-electron chi connectivity index (χ3n) is 14.0. The fraction of sp³-hybridized carbons (Fsp3) is 0.909. The van der Waals surface area contributed by atoms with Gasteiger partial charge in [-0.25, -0.2) is 4.79 Å². The summed E-state index contributed by atoms with van der Waals surface area (Å²) in [4.78, 5) is 38.9. The van der Waals surface area contributed by atoms with Crippen LogP contribution in [0.2, 0.25) is 0 Å². The molecule has 5 fully saturated rings. The molecule has 5 nitrogen and oxygen atoms in total. The zero-order valence-corrected chi connectivity index (χ0v) is 27.1. The molecular weight excluding hydrogens is 556 g/mol. The summed E-state index contributed by atoms with van der Waals surface area (Å²) in [5.41, 5.74) is -0.382. The van der Waals surface area contributed by atoms with E-state index in [9.17, 15) is 14.4 Å². The van der Waals surface area contributed by atoms with Crippen molar-refractivity contribution in [2.45, 2.75) is 111 Å². The van der Waals surface area contributed by atoms with E-state index >= 15 is 0 Å². The molecule has 39 heavy (non-hydrogen) atoms. The number of ether oxygens (including phenoxy) is 2. The number of hydrogen-bond donors (Lipinski definition) is 0. The van der Waals surface area contributed by atoms with Crippen molar-refractivity contribution >= 4 is 33.7 Å². The lowest BCUT2D eigenvalue weighted by Crippen LogP contribution is -2.67. The van der Waals surface area contributed by atoms with Crippen molar-refractivity contribution < 1.29 is 23.9 Å². The lowest BCUT2D eigenvalue weighted by Gasteiger charge is -2.72. The van der Waals surface area contributed by atoms with E-state index in [0.717, 1.165) is 51.4 Å². The van der Waals surface area contributed by atoms with E-state index in [0.29, 0.717) is 35.4 Å². The molecule has 0 N–H and O–H groups in total. The molecule has 0 bridgehead atoms. The maximum absolute atomic E-state index is 13.8.